The number of fused-ring (bicyclic) bond motifs is 1. The molecule has 1 aliphatic rings. The van der Waals surface area contributed by atoms with Crippen LogP contribution in [0.1, 0.15) is 16.1 Å². The Labute approximate surface area is 178 Å². The van der Waals surface area contributed by atoms with Crippen molar-refractivity contribution in [2.75, 3.05) is 6.54 Å². The van der Waals surface area contributed by atoms with Crippen LogP contribution in [0.4, 0.5) is 0 Å². The van der Waals surface area contributed by atoms with Gasteiger partial charge in [-0.15, -0.1) is 11.3 Å². The molecule has 144 valence electrons. The van der Waals surface area contributed by atoms with Crippen LogP contribution in [0, 0.1) is 0 Å². The third-order valence-electron chi connectivity index (χ3n) is 5.10. The van der Waals surface area contributed by atoms with E-state index in [-0.39, 0.29) is 0 Å². The third-order valence-corrected chi connectivity index (χ3v) is 6.47. The highest BCUT2D eigenvalue weighted by atomic mass is 35.5. The Kier molecular flexibility index (Phi) is 5.10. The second-order valence-electron chi connectivity index (χ2n) is 7.14. The first kappa shape index (κ1) is 18.4. The largest absolute Gasteiger partial charge is 0.293 e. The van der Waals surface area contributed by atoms with Crippen molar-refractivity contribution in [3.8, 4) is 21.8 Å². The molecule has 0 radical (unpaired) electrons. The quantitative estimate of drug-likeness (QED) is 0.440. The molecule has 0 saturated carbocycles. The van der Waals surface area contributed by atoms with E-state index in [1.54, 1.807) is 6.20 Å². The van der Waals surface area contributed by atoms with Gasteiger partial charge >= 0.3 is 0 Å². The van der Waals surface area contributed by atoms with Crippen molar-refractivity contribution in [2.45, 2.75) is 19.5 Å². The molecule has 29 heavy (non-hydrogen) atoms. The van der Waals surface area contributed by atoms with Gasteiger partial charge in [-0.3, -0.25) is 9.88 Å². The molecule has 0 unspecified atom stereocenters. The Balaban J connectivity index is 1.29. The number of halogens is 1. The van der Waals surface area contributed by atoms with E-state index in [1.165, 1.54) is 20.9 Å². The molecule has 0 bridgehead atoms. The average molecular weight is 419 g/mol. The molecular formula is C23H19ClN4S. The monoisotopic (exact) mass is 418 g/mol. The number of thiophene rings is 1. The fourth-order valence-electron chi connectivity index (χ4n) is 3.60. The third kappa shape index (κ3) is 4.08. The van der Waals surface area contributed by atoms with E-state index in [0.29, 0.717) is 0 Å². The van der Waals surface area contributed by atoms with Crippen molar-refractivity contribution in [2.24, 2.45) is 0 Å². The van der Waals surface area contributed by atoms with Crippen LogP contribution >= 0.6 is 22.9 Å². The summed E-state index contributed by atoms with van der Waals surface area (Å²) in [6, 6.07) is 16.4. The Morgan fingerprint density at radius 2 is 1.90 bits per heavy atom. The van der Waals surface area contributed by atoms with Crippen LogP contribution in [0.15, 0.2) is 67.1 Å². The van der Waals surface area contributed by atoms with Crippen LogP contribution in [-0.4, -0.2) is 26.4 Å². The van der Waals surface area contributed by atoms with Crippen LogP contribution in [0.5, 0.6) is 0 Å². The molecule has 4 heterocycles. The van der Waals surface area contributed by atoms with Gasteiger partial charge in [0.05, 0.1) is 5.69 Å². The number of pyridine rings is 1. The fraction of sp³-hybridized carbons (Fsp3) is 0.174. The summed E-state index contributed by atoms with van der Waals surface area (Å²) in [4.78, 5) is 18.6. The van der Waals surface area contributed by atoms with Crippen LogP contribution in [0.25, 0.3) is 21.8 Å². The molecule has 4 nitrogen and oxygen atoms in total. The van der Waals surface area contributed by atoms with Crippen LogP contribution in [-0.2, 0) is 19.5 Å². The number of aromatic nitrogens is 3. The van der Waals surface area contributed by atoms with Crippen LogP contribution < -0.4 is 0 Å². The highest BCUT2D eigenvalue weighted by Gasteiger charge is 2.19. The molecule has 1 aromatic carbocycles. The summed E-state index contributed by atoms with van der Waals surface area (Å²) < 4.78 is 0. The van der Waals surface area contributed by atoms with Crippen molar-refractivity contribution in [3.05, 3.63) is 88.3 Å². The number of rotatable bonds is 4. The van der Waals surface area contributed by atoms with Crippen molar-refractivity contribution < 1.29 is 0 Å². The van der Waals surface area contributed by atoms with Crippen LogP contribution in [0.2, 0.25) is 5.02 Å². The number of hydrogen-bond donors (Lipinski definition) is 0. The summed E-state index contributed by atoms with van der Waals surface area (Å²) in [5.41, 5.74) is 4.55. The van der Waals surface area contributed by atoms with Crippen molar-refractivity contribution in [1.82, 2.24) is 19.9 Å². The predicted octanol–water partition coefficient (Wildman–Crippen LogP) is 5.48. The fourth-order valence-corrected chi connectivity index (χ4v) is 4.78. The molecular weight excluding hydrogens is 400 g/mol. The number of benzene rings is 1. The maximum absolute atomic E-state index is 6.00. The van der Waals surface area contributed by atoms with Gasteiger partial charge in [0.25, 0.3) is 0 Å². The molecule has 0 atom stereocenters. The highest BCUT2D eigenvalue weighted by Crippen LogP contribution is 2.30. The molecule has 5 rings (SSSR count). The molecule has 0 spiro atoms. The minimum absolute atomic E-state index is 0.760. The Bertz CT molecular complexity index is 1130. The van der Waals surface area contributed by atoms with Gasteiger partial charge in [0, 0.05) is 70.5 Å². The van der Waals surface area contributed by atoms with Crippen molar-refractivity contribution in [1.29, 1.82) is 0 Å². The normalized spacial score (nSPS) is 14.0. The van der Waals surface area contributed by atoms with Crippen LogP contribution in [0.3, 0.4) is 0 Å². The maximum atomic E-state index is 6.00. The lowest BCUT2D eigenvalue weighted by atomic mass is 10.1. The van der Waals surface area contributed by atoms with Gasteiger partial charge in [-0.2, -0.15) is 0 Å². The molecule has 0 saturated heterocycles. The molecule has 0 N–H and O–H groups in total. The number of nitrogens with zero attached hydrogens (tertiary/aromatic N) is 4. The average Bonchev–Trinajstić information content (AvgIpc) is 3.23. The van der Waals surface area contributed by atoms with E-state index in [9.17, 15) is 0 Å². The number of hydrogen-bond acceptors (Lipinski definition) is 5. The Hall–Kier alpha value is -2.60. The lowest BCUT2D eigenvalue weighted by Crippen LogP contribution is -2.30. The smallest absolute Gasteiger partial charge is 0.160 e. The van der Waals surface area contributed by atoms with E-state index in [1.807, 2.05) is 48.0 Å². The second-order valence-corrected chi connectivity index (χ2v) is 8.75. The second kappa shape index (κ2) is 8.03. The first-order chi connectivity index (χ1) is 14.2. The topological polar surface area (TPSA) is 41.9 Å². The summed E-state index contributed by atoms with van der Waals surface area (Å²) in [6.07, 6.45) is 6.50. The summed E-state index contributed by atoms with van der Waals surface area (Å²) in [6.45, 7) is 2.84. The standard InChI is InChI=1S/C23H19ClN4S/c24-19-5-3-16(4-6-19)22-8-7-20(29-22)15-28-11-9-21-18(14-28)13-26-23(27-21)17-2-1-10-25-12-17/h1-8,10,12-13H,9,11,14-15H2. The zero-order chi connectivity index (χ0) is 19.6. The van der Waals surface area contributed by atoms with Gasteiger partial charge in [-0.25, -0.2) is 9.97 Å². The van der Waals surface area contributed by atoms with Gasteiger partial charge in [0.1, 0.15) is 0 Å². The van der Waals surface area contributed by atoms with Gasteiger partial charge in [-0.05, 0) is 42.0 Å². The first-order valence-corrected chi connectivity index (χ1v) is 10.8. The molecule has 6 heteroatoms. The maximum Gasteiger partial charge on any atom is 0.160 e. The highest BCUT2D eigenvalue weighted by molar-refractivity contribution is 7.15. The lowest BCUT2D eigenvalue weighted by molar-refractivity contribution is 0.245. The summed E-state index contributed by atoms with van der Waals surface area (Å²) >= 11 is 7.85. The van der Waals surface area contributed by atoms with E-state index in [2.05, 4.69) is 39.1 Å². The zero-order valence-corrected chi connectivity index (χ0v) is 17.3. The van der Waals surface area contributed by atoms with E-state index < -0.39 is 0 Å². The Morgan fingerprint density at radius 3 is 2.72 bits per heavy atom. The van der Waals surface area contributed by atoms with E-state index in [4.69, 9.17) is 16.6 Å². The predicted molar refractivity (Wildman–Crippen MR) is 118 cm³/mol. The Morgan fingerprint density at radius 1 is 1.00 bits per heavy atom. The molecule has 0 amide bonds. The summed E-state index contributed by atoms with van der Waals surface area (Å²) in [5, 5.41) is 0.770. The molecule has 4 aromatic rings. The minimum Gasteiger partial charge on any atom is -0.293 e. The zero-order valence-electron chi connectivity index (χ0n) is 15.8. The van der Waals surface area contributed by atoms with Gasteiger partial charge in [0.2, 0.25) is 0 Å². The molecule has 0 aliphatic carbocycles. The van der Waals surface area contributed by atoms with E-state index >= 15 is 0 Å². The molecule has 0 fully saturated rings. The SMILES string of the molecule is Clc1ccc(-c2ccc(CN3CCc4nc(-c5cccnc5)ncc4C3)s2)cc1. The molecule has 3 aromatic heterocycles. The minimum atomic E-state index is 0.760. The van der Waals surface area contributed by atoms with Gasteiger partial charge in [-0.1, -0.05) is 23.7 Å². The van der Waals surface area contributed by atoms with E-state index in [0.717, 1.165) is 48.2 Å². The van der Waals surface area contributed by atoms with Crippen molar-refractivity contribution in [3.63, 3.8) is 0 Å². The molecule has 1 aliphatic heterocycles. The summed E-state index contributed by atoms with van der Waals surface area (Å²) in [5.74, 6) is 0.760. The summed E-state index contributed by atoms with van der Waals surface area (Å²) in [7, 11) is 0. The van der Waals surface area contributed by atoms with Gasteiger partial charge < -0.3 is 0 Å². The lowest BCUT2D eigenvalue weighted by Gasteiger charge is -2.27. The van der Waals surface area contributed by atoms with Crippen molar-refractivity contribution >= 4 is 22.9 Å². The van der Waals surface area contributed by atoms with Gasteiger partial charge in [0.15, 0.2) is 5.82 Å². The first-order valence-electron chi connectivity index (χ1n) is 9.57.